The quantitative estimate of drug-likeness (QED) is 0.890. The van der Waals surface area contributed by atoms with Crippen molar-refractivity contribution in [2.45, 2.75) is 39.2 Å². The van der Waals surface area contributed by atoms with Crippen molar-refractivity contribution < 1.29 is 4.79 Å². The highest BCUT2D eigenvalue weighted by molar-refractivity contribution is 5.80. The second-order valence-corrected chi connectivity index (χ2v) is 6.43. The van der Waals surface area contributed by atoms with Crippen LogP contribution < -0.4 is 5.32 Å². The van der Waals surface area contributed by atoms with E-state index in [9.17, 15) is 4.79 Å². The Bertz CT molecular complexity index is 658. The molecule has 1 N–H and O–H groups in total. The van der Waals surface area contributed by atoms with Gasteiger partial charge in [0.1, 0.15) is 0 Å². The van der Waals surface area contributed by atoms with Gasteiger partial charge in [-0.15, -0.1) is 0 Å². The highest BCUT2D eigenvalue weighted by Gasteiger charge is 2.10. The summed E-state index contributed by atoms with van der Waals surface area (Å²) in [5.41, 5.74) is 2.32. The number of rotatable bonds is 6. The van der Waals surface area contributed by atoms with Crippen molar-refractivity contribution >= 4 is 16.8 Å². The Hall–Kier alpha value is -1.88. The highest BCUT2D eigenvalue weighted by Crippen LogP contribution is 2.15. The van der Waals surface area contributed by atoms with Gasteiger partial charge < -0.3 is 10.2 Å². The first kappa shape index (κ1) is 16.0. The number of nitrogens with zero attached hydrogens (tertiary/aromatic N) is 3. The number of hydrogen-bond donors (Lipinski definition) is 1. The minimum absolute atomic E-state index is 0.110. The van der Waals surface area contributed by atoms with E-state index in [-0.39, 0.29) is 5.91 Å². The zero-order valence-electron chi connectivity index (χ0n) is 13.9. The third-order valence-electron chi connectivity index (χ3n) is 4.55. The van der Waals surface area contributed by atoms with Crippen molar-refractivity contribution in [3.8, 4) is 0 Å². The molecule has 1 fully saturated rings. The zero-order valence-corrected chi connectivity index (χ0v) is 13.9. The third kappa shape index (κ3) is 4.32. The van der Waals surface area contributed by atoms with Crippen LogP contribution in [-0.4, -0.2) is 46.8 Å². The summed E-state index contributed by atoms with van der Waals surface area (Å²) in [6, 6.07) is 6.28. The van der Waals surface area contributed by atoms with Gasteiger partial charge in [-0.2, -0.15) is 5.10 Å². The van der Waals surface area contributed by atoms with Gasteiger partial charge >= 0.3 is 0 Å². The first-order chi connectivity index (χ1) is 11.2. The van der Waals surface area contributed by atoms with E-state index in [1.165, 1.54) is 37.9 Å². The molecule has 0 saturated carbocycles. The standard InChI is InChI=1S/C18H26N4O/c1-15-5-6-16-14-20-22(17(16)13-15)11-7-18(23)19-8-12-21-9-3-2-4-10-21/h5-6,13-14H,2-4,7-12H2,1H3,(H,19,23). The fourth-order valence-electron chi connectivity index (χ4n) is 3.19. The summed E-state index contributed by atoms with van der Waals surface area (Å²) >= 11 is 0. The lowest BCUT2D eigenvalue weighted by Crippen LogP contribution is -2.37. The maximum atomic E-state index is 12.0. The molecular formula is C18H26N4O. The van der Waals surface area contributed by atoms with Gasteiger partial charge in [-0.1, -0.05) is 18.6 Å². The molecule has 1 saturated heterocycles. The third-order valence-corrected chi connectivity index (χ3v) is 4.55. The first-order valence-corrected chi connectivity index (χ1v) is 8.63. The van der Waals surface area contributed by atoms with Crippen LogP contribution in [0.25, 0.3) is 10.9 Å². The molecule has 3 rings (SSSR count). The van der Waals surface area contributed by atoms with Gasteiger partial charge in [0, 0.05) is 24.9 Å². The Morgan fingerprint density at radius 3 is 2.87 bits per heavy atom. The number of fused-ring (bicyclic) bond motifs is 1. The Labute approximate surface area is 137 Å². The Kier molecular flexibility index (Phi) is 5.28. The van der Waals surface area contributed by atoms with Crippen LogP contribution in [0.4, 0.5) is 0 Å². The first-order valence-electron chi connectivity index (χ1n) is 8.63. The van der Waals surface area contributed by atoms with Crippen LogP contribution >= 0.6 is 0 Å². The Morgan fingerprint density at radius 2 is 2.04 bits per heavy atom. The van der Waals surface area contributed by atoms with Crippen LogP contribution in [0, 0.1) is 6.92 Å². The fraction of sp³-hybridized carbons (Fsp3) is 0.556. The lowest BCUT2D eigenvalue weighted by Gasteiger charge is -2.26. The molecule has 1 amide bonds. The molecule has 2 aromatic rings. The number of piperidine rings is 1. The number of carbonyl (C=O) groups excluding carboxylic acids is 1. The fourth-order valence-corrected chi connectivity index (χ4v) is 3.19. The summed E-state index contributed by atoms with van der Waals surface area (Å²) in [6.07, 6.45) is 6.27. The summed E-state index contributed by atoms with van der Waals surface area (Å²) in [5.74, 6) is 0.110. The SMILES string of the molecule is Cc1ccc2cnn(CCC(=O)NCCN3CCCCC3)c2c1. The average molecular weight is 314 g/mol. The van der Waals surface area contributed by atoms with E-state index in [0.717, 1.165) is 24.0 Å². The van der Waals surface area contributed by atoms with Crippen LogP contribution in [0.1, 0.15) is 31.2 Å². The second kappa shape index (κ2) is 7.59. The van der Waals surface area contributed by atoms with Gasteiger partial charge in [0.2, 0.25) is 5.91 Å². The van der Waals surface area contributed by atoms with E-state index >= 15 is 0 Å². The van der Waals surface area contributed by atoms with Crippen LogP contribution in [0.2, 0.25) is 0 Å². The minimum Gasteiger partial charge on any atom is -0.355 e. The number of carbonyl (C=O) groups is 1. The number of amides is 1. The van der Waals surface area contributed by atoms with Crippen LogP contribution in [0.3, 0.4) is 0 Å². The van der Waals surface area contributed by atoms with E-state index in [1.54, 1.807) is 0 Å². The van der Waals surface area contributed by atoms with Gasteiger partial charge in [-0.05, 0) is 44.5 Å². The van der Waals surface area contributed by atoms with Gasteiger partial charge in [-0.3, -0.25) is 9.48 Å². The molecule has 1 aliphatic rings. The summed E-state index contributed by atoms with van der Waals surface area (Å²) in [7, 11) is 0. The van der Waals surface area contributed by atoms with Gasteiger partial charge in [0.05, 0.1) is 18.3 Å². The number of benzene rings is 1. The Balaban J connectivity index is 1.43. The largest absolute Gasteiger partial charge is 0.355 e. The monoisotopic (exact) mass is 314 g/mol. The van der Waals surface area contributed by atoms with E-state index in [4.69, 9.17) is 0 Å². The number of nitrogens with one attached hydrogen (secondary N) is 1. The van der Waals surface area contributed by atoms with Crippen molar-refractivity contribution in [1.29, 1.82) is 0 Å². The number of hydrogen-bond acceptors (Lipinski definition) is 3. The summed E-state index contributed by atoms with van der Waals surface area (Å²) < 4.78 is 1.92. The molecule has 1 aliphatic heterocycles. The van der Waals surface area contributed by atoms with Crippen molar-refractivity contribution in [2.75, 3.05) is 26.2 Å². The van der Waals surface area contributed by atoms with E-state index in [2.05, 4.69) is 40.4 Å². The summed E-state index contributed by atoms with van der Waals surface area (Å²) in [5, 5.41) is 8.55. The summed E-state index contributed by atoms with van der Waals surface area (Å²) in [4.78, 5) is 14.5. The van der Waals surface area contributed by atoms with Crippen molar-refractivity contribution in [2.24, 2.45) is 0 Å². The van der Waals surface area contributed by atoms with E-state index < -0.39 is 0 Å². The molecule has 0 unspecified atom stereocenters. The molecule has 5 nitrogen and oxygen atoms in total. The Morgan fingerprint density at radius 1 is 1.22 bits per heavy atom. The average Bonchev–Trinajstić information content (AvgIpc) is 2.96. The zero-order chi connectivity index (χ0) is 16.1. The lowest BCUT2D eigenvalue weighted by atomic mass is 10.1. The van der Waals surface area contributed by atoms with Gasteiger partial charge in [0.15, 0.2) is 0 Å². The predicted octanol–water partition coefficient (Wildman–Crippen LogP) is 2.34. The normalized spacial score (nSPS) is 15.9. The molecule has 0 radical (unpaired) electrons. The molecule has 5 heteroatoms. The number of aryl methyl sites for hydroxylation is 2. The molecule has 0 atom stereocenters. The molecule has 0 aliphatic carbocycles. The number of aromatic nitrogens is 2. The van der Waals surface area contributed by atoms with Crippen molar-refractivity contribution in [1.82, 2.24) is 20.0 Å². The molecule has 23 heavy (non-hydrogen) atoms. The van der Waals surface area contributed by atoms with Gasteiger partial charge in [-0.25, -0.2) is 0 Å². The second-order valence-electron chi connectivity index (χ2n) is 6.43. The molecule has 2 heterocycles. The summed E-state index contributed by atoms with van der Waals surface area (Å²) in [6.45, 7) is 6.77. The van der Waals surface area contributed by atoms with Gasteiger partial charge in [0.25, 0.3) is 0 Å². The highest BCUT2D eigenvalue weighted by atomic mass is 16.1. The molecule has 0 bridgehead atoms. The molecule has 0 spiro atoms. The molecule has 1 aromatic carbocycles. The van der Waals surface area contributed by atoms with E-state index in [1.807, 2.05) is 10.9 Å². The molecule has 1 aromatic heterocycles. The van der Waals surface area contributed by atoms with Crippen LogP contribution in [-0.2, 0) is 11.3 Å². The maximum absolute atomic E-state index is 12.0. The maximum Gasteiger partial charge on any atom is 0.221 e. The minimum atomic E-state index is 0.110. The van der Waals surface area contributed by atoms with Crippen molar-refractivity contribution in [3.05, 3.63) is 30.0 Å². The number of likely N-dealkylation sites (tertiary alicyclic amines) is 1. The smallest absolute Gasteiger partial charge is 0.221 e. The molecular weight excluding hydrogens is 288 g/mol. The van der Waals surface area contributed by atoms with Crippen LogP contribution in [0.5, 0.6) is 0 Å². The lowest BCUT2D eigenvalue weighted by molar-refractivity contribution is -0.121. The topological polar surface area (TPSA) is 50.2 Å². The predicted molar refractivity (Wildman–Crippen MR) is 92.4 cm³/mol. The van der Waals surface area contributed by atoms with Crippen molar-refractivity contribution in [3.63, 3.8) is 0 Å². The molecule has 124 valence electrons. The van der Waals surface area contributed by atoms with Crippen LogP contribution in [0.15, 0.2) is 24.4 Å². The van der Waals surface area contributed by atoms with E-state index in [0.29, 0.717) is 13.0 Å².